The molecule has 0 aliphatic rings. The van der Waals surface area contributed by atoms with E-state index >= 15 is 0 Å². The Bertz CT molecular complexity index is 807. The zero-order valence-corrected chi connectivity index (χ0v) is 26.3. The van der Waals surface area contributed by atoms with Crippen molar-refractivity contribution in [3.05, 3.63) is 0 Å². The van der Waals surface area contributed by atoms with Crippen molar-refractivity contribution < 1.29 is 124 Å². The molecule has 0 bridgehead atoms. The van der Waals surface area contributed by atoms with Crippen LogP contribution in [0, 0.1) is 0 Å². The Morgan fingerprint density at radius 2 is 0.348 bits per heavy atom. The third kappa shape index (κ3) is 8.47. The van der Waals surface area contributed by atoms with Crippen molar-refractivity contribution in [1.82, 2.24) is 0 Å². The van der Waals surface area contributed by atoms with Gasteiger partial charge in [0.1, 0.15) is 0 Å². The molecule has 0 rings (SSSR count). The molecule has 0 radical (unpaired) electrons. The van der Waals surface area contributed by atoms with Gasteiger partial charge in [0.15, 0.2) is 0 Å². The second-order valence-corrected chi connectivity index (χ2v) is 9.16. The summed E-state index contributed by atoms with van der Waals surface area (Å²) in [5.74, 6) is 0. The molecular weight excluding hydrogens is 927 g/mol. The summed E-state index contributed by atoms with van der Waals surface area (Å²) >= 11 is 0. The number of hydrogen-bond donors (Lipinski definition) is 0. The fourth-order valence-corrected chi connectivity index (χ4v) is 2.48. The molecule has 0 N–H and O–H groups in total. The smallest absolute Gasteiger partial charge is 0.501 e. The molecule has 0 aromatic heterocycles. The maximum Gasteiger partial charge on any atom is 1.00 e. The van der Waals surface area contributed by atoms with Crippen LogP contribution in [0.4, 0.5) is 105 Å². The van der Waals surface area contributed by atoms with Crippen LogP contribution in [0.5, 0.6) is 0 Å². The van der Waals surface area contributed by atoms with E-state index in [2.05, 4.69) is 18.6 Å². The van der Waals surface area contributed by atoms with Gasteiger partial charge >= 0.3 is 83.7 Å². The van der Waals surface area contributed by atoms with E-state index in [-0.39, 0.29) is 27.3 Å². The van der Waals surface area contributed by atoms with Gasteiger partial charge in [-0.2, -0.15) is 105 Å². The third-order valence-electron chi connectivity index (χ3n) is 5.85. The van der Waals surface area contributed by atoms with Gasteiger partial charge in [-0.05, 0) is 27.7 Å². The minimum Gasteiger partial charge on any atom is -0.501 e. The molecule has 4 nitrogen and oxygen atoms in total. The first-order chi connectivity index (χ1) is 18.8. The minimum atomic E-state index is -8.71. The van der Waals surface area contributed by atoms with Gasteiger partial charge in [0.2, 0.25) is 22.4 Å². The van der Waals surface area contributed by atoms with Gasteiger partial charge in [-0.25, -0.2) is 0 Å². The van der Waals surface area contributed by atoms with Crippen LogP contribution in [0.25, 0.3) is 0 Å². The summed E-state index contributed by atoms with van der Waals surface area (Å²) in [5.41, 5.74) is -27.7. The Morgan fingerprint density at radius 1 is 0.261 bits per heavy atom. The molecule has 30 heteroatoms. The second kappa shape index (κ2) is 12.5. The fourth-order valence-electron chi connectivity index (χ4n) is 2.48. The Balaban J connectivity index is 0. The molecule has 0 atom stereocenters. The normalized spacial score (nSPS) is 16.4. The maximum absolute atomic E-state index is 13.5. The van der Waals surface area contributed by atoms with Crippen LogP contribution < -0.4 is 0 Å². The first-order valence-corrected chi connectivity index (χ1v) is 10.3. The predicted octanol–water partition coefficient (Wildman–Crippen LogP) is 8.64. The molecule has 0 unspecified atom stereocenters. The van der Waals surface area contributed by atoms with Crippen molar-refractivity contribution in [1.29, 1.82) is 0 Å². The molecule has 0 amide bonds. The molecule has 0 aromatic carbocycles. The molecule has 0 fully saturated rings. The first-order valence-electron chi connectivity index (χ1n) is 10.3. The summed E-state index contributed by atoms with van der Waals surface area (Å²) in [6.45, 7) is -15.6. The van der Waals surface area contributed by atoms with Crippen molar-refractivity contribution >= 4 is 34.3 Å². The molecule has 46 heavy (non-hydrogen) atoms. The summed E-state index contributed by atoms with van der Waals surface area (Å²) in [6.07, 6.45) is -60.9. The second-order valence-electron chi connectivity index (χ2n) is 9.16. The number of rotatable bonds is 8. The zero-order chi connectivity index (χ0) is 37.3. The first kappa shape index (κ1) is 47.3. The van der Waals surface area contributed by atoms with Gasteiger partial charge < -0.3 is 18.6 Å². The fraction of sp³-hybridized carbons (Fsp3) is 1.00. The Kier molecular flexibility index (Phi) is 12.8. The molecule has 0 aliphatic carbocycles. The molecule has 0 aromatic rings. The largest absolute Gasteiger partial charge is 1.00 e. The summed E-state index contributed by atoms with van der Waals surface area (Å²) < 4.78 is 334. The monoisotopic (exact) mass is 940 g/mol. The van der Waals surface area contributed by atoms with Gasteiger partial charge in [-0.1, -0.05) is 0 Å². The van der Waals surface area contributed by atoms with Crippen molar-refractivity contribution in [3.8, 4) is 0 Å². The van der Waals surface area contributed by atoms with Crippen molar-refractivity contribution in [2.75, 3.05) is 0 Å². The van der Waals surface area contributed by atoms with Gasteiger partial charge in [0, 0.05) is 0 Å². The topological polar surface area (TPSA) is 36.9 Å². The van der Waals surface area contributed by atoms with Crippen LogP contribution in [0.2, 0.25) is 0 Å². The molecule has 0 saturated heterocycles. The van der Waals surface area contributed by atoms with Crippen LogP contribution in [-0.4, -0.2) is 106 Å². The molecule has 0 spiro atoms. The molecule has 0 aliphatic heterocycles. The summed E-state index contributed by atoms with van der Waals surface area (Å²) in [5, 5.41) is 0. The van der Waals surface area contributed by atoms with Gasteiger partial charge in [-0.3, -0.25) is 0 Å². The summed E-state index contributed by atoms with van der Waals surface area (Å²) in [4.78, 5) is 0. The van der Waals surface area contributed by atoms with Crippen molar-refractivity contribution in [3.63, 3.8) is 0 Å². The SMILES string of the molecule is CC(O[B-](OC(C)(C(F)(F)F)C(F)(F)F)(OC(C)(C(F)(F)F)C(F)(F)F)OC(C)(C(F)(F)F)C(F)(F)F)(C(F)(F)F)C(F)(F)F.[Tl+]. The average molecular weight is 939 g/mol. The number of alkyl halides is 24. The van der Waals surface area contributed by atoms with Gasteiger partial charge in [0.25, 0.3) is 0 Å². The maximum atomic E-state index is 13.5. The van der Waals surface area contributed by atoms with E-state index in [0.29, 0.717) is 0 Å². The minimum absolute atomic E-state index is 0. The van der Waals surface area contributed by atoms with Crippen LogP contribution >= 0.6 is 0 Å². The zero-order valence-electron chi connectivity index (χ0n) is 21.9. The van der Waals surface area contributed by atoms with E-state index in [0.717, 1.165) is 0 Å². The van der Waals surface area contributed by atoms with E-state index in [9.17, 15) is 105 Å². The average Bonchev–Trinajstić information content (AvgIpc) is 2.66. The van der Waals surface area contributed by atoms with Gasteiger partial charge in [-0.15, -0.1) is 0 Å². The number of hydrogen-bond acceptors (Lipinski definition) is 4. The Morgan fingerprint density at radius 3 is 0.413 bits per heavy atom. The van der Waals surface area contributed by atoms with E-state index in [4.69, 9.17) is 0 Å². The van der Waals surface area contributed by atoms with E-state index in [1.807, 2.05) is 0 Å². The predicted molar refractivity (Wildman–Crippen MR) is 97.9 cm³/mol. The molecule has 274 valence electrons. The van der Waals surface area contributed by atoms with E-state index < -0.39 is 106 Å². The van der Waals surface area contributed by atoms with Crippen LogP contribution in [0.15, 0.2) is 0 Å². The van der Waals surface area contributed by atoms with Crippen LogP contribution in [-0.2, 0) is 18.6 Å². The molecule has 0 saturated carbocycles. The van der Waals surface area contributed by atoms with Gasteiger partial charge in [0.05, 0.1) is 0 Å². The van der Waals surface area contributed by atoms with E-state index in [1.165, 1.54) is 0 Å². The van der Waals surface area contributed by atoms with Crippen molar-refractivity contribution in [2.45, 2.75) is 99.5 Å². The quantitative estimate of drug-likeness (QED) is 0.181. The number of halogens is 24. The summed E-state index contributed by atoms with van der Waals surface area (Å²) in [6, 6.07) is 0. The summed E-state index contributed by atoms with van der Waals surface area (Å²) in [7, 11) is 0. The standard InChI is InChI=1S/C16H12BF24O4.Tl/c1-5(9(18,19)20,10(21,22)23)42-17(43-6(2,11(24,25)26)12(27,28)29,44-7(3,13(30,31)32)14(33,34)35)45-8(4,15(36,37)38)16(39,40)41;/h1-4H3;/q-1;+1. The Labute approximate surface area is 258 Å². The molecule has 0 heterocycles. The van der Waals surface area contributed by atoms with Crippen LogP contribution in [0.1, 0.15) is 27.7 Å². The van der Waals surface area contributed by atoms with E-state index in [1.54, 1.807) is 0 Å². The molecular formula is C16H12BF24O4Tl. The Hall–Kier alpha value is -0.853. The van der Waals surface area contributed by atoms with Crippen LogP contribution in [0.3, 0.4) is 0 Å². The third-order valence-corrected chi connectivity index (χ3v) is 5.85. The van der Waals surface area contributed by atoms with Crippen molar-refractivity contribution in [2.24, 2.45) is 0 Å².